The predicted molar refractivity (Wildman–Crippen MR) is 79.9 cm³/mol. The Balaban J connectivity index is 2.44. The third-order valence-electron chi connectivity index (χ3n) is 2.59. The molecular formula is C14H26N4O2. The highest BCUT2D eigenvalue weighted by Crippen LogP contribution is 2.14. The van der Waals surface area contributed by atoms with E-state index in [0.717, 1.165) is 17.8 Å². The van der Waals surface area contributed by atoms with Crippen LogP contribution >= 0.6 is 0 Å². The monoisotopic (exact) mass is 282 g/mol. The lowest BCUT2D eigenvalue weighted by Crippen LogP contribution is -2.38. The molecule has 20 heavy (non-hydrogen) atoms. The fraction of sp³-hybridized carbons (Fsp3) is 0.714. The van der Waals surface area contributed by atoms with E-state index in [2.05, 4.69) is 22.7 Å². The summed E-state index contributed by atoms with van der Waals surface area (Å²) in [6.45, 7) is 10.1. The average molecular weight is 282 g/mol. The number of carbonyl (C=O) groups excluding carboxylic acids is 1. The van der Waals surface area contributed by atoms with E-state index in [9.17, 15) is 4.79 Å². The molecule has 1 heterocycles. The molecule has 1 atom stereocenters. The number of anilines is 1. The fourth-order valence-corrected chi connectivity index (χ4v) is 1.78. The molecule has 1 unspecified atom stereocenters. The van der Waals surface area contributed by atoms with Crippen LogP contribution in [0.25, 0.3) is 0 Å². The van der Waals surface area contributed by atoms with E-state index in [1.54, 1.807) is 4.68 Å². The number of ether oxygens (including phenoxy) is 1. The lowest BCUT2D eigenvalue weighted by molar-refractivity contribution is 0.0526. The van der Waals surface area contributed by atoms with Crippen molar-refractivity contribution in [3.05, 3.63) is 11.9 Å². The van der Waals surface area contributed by atoms with Gasteiger partial charge in [0.05, 0.1) is 11.4 Å². The molecule has 0 saturated carbocycles. The van der Waals surface area contributed by atoms with Gasteiger partial charge in [-0.2, -0.15) is 5.10 Å². The molecule has 6 nitrogen and oxygen atoms in total. The zero-order valence-corrected chi connectivity index (χ0v) is 13.3. The van der Waals surface area contributed by atoms with Crippen LogP contribution in [0.15, 0.2) is 6.20 Å². The van der Waals surface area contributed by atoms with Crippen LogP contribution in [0.5, 0.6) is 0 Å². The number of hydrogen-bond donors (Lipinski definition) is 2. The molecule has 1 rings (SSSR count). The number of nitrogens with one attached hydrogen (secondary N) is 2. The third kappa shape index (κ3) is 5.50. The summed E-state index contributed by atoms with van der Waals surface area (Å²) in [4.78, 5) is 11.6. The molecule has 0 spiro atoms. The van der Waals surface area contributed by atoms with Gasteiger partial charge >= 0.3 is 6.09 Å². The van der Waals surface area contributed by atoms with Gasteiger partial charge < -0.3 is 15.4 Å². The minimum Gasteiger partial charge on any atom is -0.444 e. The van der Waals surface area contributed by atoms with Crippen molar-refractivity contribution in [2.75, 3.05) is 11.9 Å². The molecule has 2 N–H and O–H groups in total. The summed E-state index contributed by atoms with van der Waals surface area (Å²) in [6.07, 6.45) is 2.42. The Morgan fingerprint density at radius 3 is 2.70 bits per heavy atom. The lowest BCUT2D eigenvalue weighted by atomic mass is 10.2. The van der Waals surface area contributed by atoms with Gasteiger partial charge in [-0.05, 0) is 34.1 Å². The summed E-state index contributed by atoms with van der Waals surface area (Å²) in [6, 6.07) is 0.0945. The number of alkyl carbamates (subject to hydrolysis) is 1. The highest BCUT2D eigenvalue weighted by Gasteiger charge is 2.16. The molecule has 0 aromatic carbocycles. The summed E-state index contributed by atoms with van der Waals surface area (Å²) >= 11 is 0. The van der Waals surface area contributed by atoms with Gasteiger partial charge in [-0.15, -0.1) is 0 Å². The maximum Gasteiger partial charge on any atom is 0.407 e. The van der Waals surface area contributed by atoms with Crippen molar-refractivity contribution in [2.24, 2.45) is 7.05 Å². The van der Waals surface area contributed by atoms with Gasteiger partial charge in [0.25, 0.3) is 0 Å². The second kappa shape index (κ2) is 6.63. The number of nitrogens with zero attached hydrogens (tertiary/aromatic N) is 2. The zero-order valence-electron chi connectivity index (χ0n) is 13.3. The maximum atomic E-state index is 11.6. The molecule has 0 aliphatic rings. The van der Waals surface area contributed by atoms with Gasteiger partial charge in [-0.1, -0.05) is 6.92 Å². The Bertz CT molecular complexity index is 449. The summed E-state index contributed by atoms with van der Waals surface area (Å²) in [5.41, 5.74) is 1.56. The topological polar surface area (TPSA) is 68.2 Å². The van der Waals surface area contributed by atoms with Gasteiger partial charge in [0.15, 0.2) is 0 Å². The molecule has 0 aliphatic heterocycles. The number of hydrogen-bond acceptors (Lipinski definition) is 4. The van der Waals surface area contributed by atoms with Gasteiger partial charge in [0.1, 0.15) is 5.60 Å². The van der Waals surface area contributed by atoms with Crippen molar-refractivity contribution in [3.63, 3.8) is 0 Å². The quantitative estimate of drug-likeness (QED) is 0.869. The molecular weight excluding hydrogens is 256 g/mol. The summed E-state index contributed by atoms with van der Waals surface area (Å²) in [5, 5.41) is 10.5. The van der Waals surface area contributed by atoms with Crippen LogP contribution in [0.1, 0.15) is 40.3 Å². The van der Waals surface area contributed by atoms with E-state index in [0.29, 0.717) is 6.54 Å². The van der Waals surface area contributed by atoms with Crippen LogP contribution in [0.3, 0.4) is 0 Å². The summed E-state index contributed by atoms with van der Waals surface area (Å²) in [5.74, 6) is 0. The summed E-state index contributed by atoms with van der Waals surface area (Å²) in [7, 11) is 1.90. The van der Waals surface area contributed by atoms with E-state index in [1.807, 2.05) is 40.9 Å². The maximum absolute atomic E-state index is 11.6. The van der Waals surface area contributed by atoms with Crippen molar-refractivity contribution < 1.29 is 9.53 Å². The van der Waals surface area contributed by atoms with Crippen molar-refractivity contribution in [1.29, 1.82) is 0 Å². The van der Waals surface area contributed by atoms with E-state index in [-0.39, 0.29) is 6.04 Å². The molecule has 1 aromatic rings. The van der Waals surface area contributed by atoms with E-state index >= 15 is 0 Å². The molecule has 0 saturated heterocycles. The van der Waals surface area contributed by atoms with E-state index in [1.165, 1.54) is 0 Å². The Hall–Kier alpha value is -1.72. The molecule has 0 fully saturated rings. The second-order valence-electron chi connectivity index (χ2n) is 5.94. The minimum absolute atomic E-state index is 0.0945. The van der Waals surface area contributed by atoms with Crippen LogP contribution < -0.4 is 10.6 Å². The first-order valence-electron chi connectivity index (χ1n) is 6.97. The average Bonchev–Trinajstić information content (AvgIpc) is 2.64. The van der Waals surface area contributed by atoms with Crippen molar-refractivity contribution >= 4 is 11.8 Å². The molecule has 0 aliphatic carbocycles. The smallest absolute Gasteiger partial charge is 0.407 e. The van der Waals surface area contributed by atoms with Crippen molar-refractivity contribution in [1.82, 2.24) is 15.1 Å². The van der Waals surface area contributed by atoms with Gasteiger partial charge in [0.2, 0.25) is 0 Å². The standard InChI is InChI=1S/C14H26N4O2/c1-7-11-12(9-18(6)17-11)16-10(2)8-15-13(19)20-14(3,4)5/h9-10,16H,7-8H2,1-6H3,(H,15,19). The first-order chi connectivity index (χ1) is 9.21. The van der Waals surface area contributed by atoms with Crippen molar-refractivity contribution in [2.45, 2.75) is 52.7 Å². The second-order valence-corrected chi connectivity index (χ2v) is 5.94. The van der Waals surface area contributed by atoms with Crippen LogP contribution in [0.2, 0.25) is 0 Å². The van der Waals surface area contributed by atoms with E-state index in [4.69, 9.17) is 4.74 Å². The molecule has 114 valence electrons. The number of rotatable bonds is 5. The lowest BCUT2D eigenvalue weighted by Gasteiger charge is -2.21. The third-order valence-corrected chi connectivity index (χ3v) is 2.59. The number of carbonyl (C=O) groups is 1. The minimum atomic E-state index is -0.473. The van der Waals surface area contributed by atoms with Crippen LogP contribution in [0.4, 0.5) is 10.5 Å². The molecule has 0 bridgehead atoms. The fourth-order valence-electron chi connectivity index (χ4n) is 1.78. The first-order valence-corrected chi connectivity index (χ1v) is 6.97. The van der Waals surface area contributed by atoms with Crippen LogP contribution in [-0.2, 0) is 18.2 Å². The largest absolute Gasteiger partial charge is 0.444 e. The Kier molecular flexibility index (Phi) is 5.42. The van der Waals surface area contributed by atoms with Gasteiger partial charge in [-0.25, -0.2) is 4.79 Å². The molecule has 1 amide bonds. The number of amides is 1. The highest BCUT2D eigenvalue weighted by atomic mass is 16.6. The Morgan fingerprint density at radius 1 is 1.50 bits per heavy atom. The Labute approximate surface area is 120 Å². The predicted octanol–water partition coefficient (Wildman–Crippen LogP) is 2.31. The normalized spacial score (nSPS) is 12.9. The Morgan fingerprint density at radius 2 is 2.15 bits per heavy atom. The molecule has 6 heteroatoms. The molecule has 1 aromatic heterocycles. The van der Waals surface area contributed by atoms with Gasteiger partial charge in [-0.3, -0.25) is 4.68 Å². The SMILES string of the molecule is CCc1nn(C)cc1NC(C)CNC(=O)OC(C)(C)C. The first kappa shape index (κ1) is 16.3. The number of aryl methyl sites for hydroxylation is 2. The van der Waals surface area contributed by atoms with Crippen LogP contribution in [0, 0.1) is 0 Å². The van der Waals surface area contributed by atoms with Crippen molar-refractivity contribution in [3.8, 4) is 0 Å². The molecule has 0 radical (unpaired) electrons. The van der Waals surface area contributed by atoms with Gasteiger partial charge in [0, 0.05) is 25.8 Å². The van der Waals surface area contributed by atoms with Crippen LogP contribution in [-0.4, -0.2) is 34.1 Å². The zero-order chi connectivity index (χ0) is 15.3. The number of aromatic nitrogens is 2. The highest BCUT2D eigenvalue weighted by molar-refractivity contribution is 5.67. The van der Waals surface area contributed by atoms with E-state index < -0.39 is 11.7 Å². The summed E-state index contributed by atoms with van der Waals surface area (Å²) < 4.78 is 6.98.